The molecule has 0 aliphatic rings. The van der Waals surface area contributed by atoms with E-state index in [0.29, 0.717) is 40.6 Å². The summed E-state index contributed by atoms with van der Waals surface area (Å²) in [6.45, 7) is 8.87. The molecular formula is C16H23BrN6O2. The van der Waals surface area contributed by atoms with Crippen molar-refractivity contribution >= 4 is 33.4 Å². The van der Waals surface area contributed by atoms with Crippen LogP contribution in [-0.4, -0.2) is 37.9 Å². The largest absolute Gasteiger partial charge is 0.350 e. The van der Waals surface area contributed by atoms with Crippen LogP contribution in [0.3, 0.4) is 0 Å². The summed E-state index contributed by atoms with van der Waals surface area (Å²) in [5.74, 6) is -0.344. The van der Waals surface area contributed by atoms with Gasteiger partial charge in [0.1, 0.15) is 5.69 Å². The number of hydrogen-bond donors (Lipinski definition) is 2. The van der Waals surface area contributed by atoms with E-state index >= 15 is 0 Å². The van der Waals surface area contributed by atoms with Gasteiger partial charge in [0, 0.05) is 26.3 Å². The molecule has 0 saturated carbocycles. The number of aromatic nitrogens is 4. The standard InChI is InChI=1S/C16H23BrN6O2/c1-6-23-8-11(13(21-23)15(24)18-7-9(2)3)19-16(25)14-12(17)10(4)20-22(14)5/h8-9H,6-7H2,1-5H3,(H,18,24)(H,19,25). The first kappa shape index (κ1) is 19.2. The minimum atomic E-state index is -0.358. The fraction of sp³-hybridized carbons (Fsp3) is 0.500. The summed E-state index contributed by atoms with van der Waals surface area (Å²) in [5, 5.41) is 14.1. The summed E-state index contributed by atoms with van der Waals surface area (Å²) in [7, 11) is 1.69. The molecule has 2 heterocycles. The molecule has 2 amide bonds. The number of amides is 2. The highest BCUT2D eigenvalue weighted by molar-refractivity contribution is 9.10. The van der Waals surface area contributed by atoms with Gasteiger partial charge in [-0.1, -0.05) is 13.8 Å². The number of anilines is 1. The van der Waals surface area contributed by atoms with Gasteiger partial charge in [-0.25, -0.2) is 0 Å². The first-order valence-corrected chi connectivity index (χ1v) is 8.89. The van der Waals surface area contributed by atoms with Crippen LogP contribution in [-0.2, 0) is 13.6 Å². The summed E-state index contributed by atoms with van der Waals surface area (Å²) in [5.41, 5.74) is 1.67. The van der Waals surface area contributed by atoms with Gasteiger partial charge in [0.25, 0.3) is 11.8 Å². The summed E-state index contributed by atoms with van der Waals surface area (Å²) in [6.07, 6.45) is 1.65. The highest BCUT2D eigenvalue weighted by atomic mass is 79.9. The summed E-state index contributed by atoms with van der Waals surface area (Å²) < 4.78 is 3.74. The maximum absolute atomic E-state index is 12.6. The van der Waals surface area contributed by atoms with Crippen molar-refractivity contribution in [2.75, 3.05) is 11.9 Å². The Balaban J connectivity index is 2.28. The van der Waals surface area contributed by atoms with Crippen LogP contribution in [0.15, 0.2) is 10.7 Å². The van der Waals surface area contributed by atoms with Gasteiger partial charge in [0.2, 0.25) is 0 Å². The molecule has 0 aromatic carbocycles. The summed E-state index contributed by atoms with van der Waals surface area (Å²) in [4.78, 5) is 25.0. The first-order chi connectivity index (χ1) is 11.7. The molecular weight excluding hydrogens is 388 g/mol. The van der Waals surface area contributed by atoms with Gasteiger partial charge in [0.05, 0.1) is 15.9 Å². The van der Waals surface area contributed by atoms with Crippen LogP contribution in [0, 0.1) is 12.8 Å². The van der Waals surface area contributed by atoms with Gasteiger partial charge >= 0.3 is 0 Å². The third kappa shape index (κ3) is 4.28. The zero-order valence-electron chi connectivity index (χ0n) is 15.1. The molecule has 0 unspecified atom stereocenters. The Hall–Kier alpha value is -2.16. The molecule has 0 spiro atoms. The Morgan fingerprint density at radius 1 is 1.28 bits per heavy atom. The van der Waals surface area contributed by atoms with E-state index < -0.39 is 0 Å². The summed E-state index contributed by atoms with van der Waals surface area (Å²) in [6, 6.07) is 0. The van der Waals surface area contributed by atoms with Crippen molar-refractivity contribution in [2.24, 2.45) is 13.0 Å². The molecule has 2 aromatic rings. The molecule has 0 fully saturated rings. The van der Waals surface area contributed by atoms with Crippen LogP contribution < -0.4 is 10.6 Å². The lowest BCUT2D eigenvalue weighted by Crippen LogP contribution is -2.29. The maximum Gasteiger partial charge on any atom is 0.275 e. The molecule has 9 heteroatoms. The zero-order chi connectivity index (χ0) is 18.7. The van der Waals surface area contributed by atoms with Crippen LogP contribution in [0.2, 0.25) is 0 Å². The second-order valence-corrected chi connectivity index (χ2v) is 6.97. The van der Waals surface area contributed by atoms with Gasteiger partial charge in [-0.15, -0.1) is 0 Å². The van der Waals surface area contributed by atoms with Crippen molar-refractivity contribution in [1.29, 1.82) is 0 Å². The molecule has 8 nitrogen and oxygen atoms in total. The van der Waals surface area contributed by atoms with Crippen LogP contribution >= 0.6 is 15.9 Å². The van der Waals surface area contributed by atoms with Crippen LogP contribution in [0.5, 0.6) is 0 Å². The number of hydrogen-bond acceptors (Lipinski definition) is 4. The molecule has 2 rings (SSSR count). The second-order valence-electron chi connectivity index (χ2n) is 6.18. The Morgan fingerprint density at radius 2 is 1.96 bits per heavy atom. The number of rotatable bonds is 6. The van der Waals surface area contributed by atoms with E-state index in [1.807, 2.05) is 20.8 Å². The van der Waals surface area contributed by atoms with E-state index in [4.69, 9.17) is 0 Å². The van der Waals surface area contributed by atoms with E-state index in [0.717, 1.165) is 0 Å². The Morgan fingerprint density at radius 3 is 2.48 bits per heavy atom. The third-order valence-electron chi connectivity index (χ3n) is 3.58. The molecule has 25 heavy (non-hydrogen) atoms. The van der Waals surface area contributed by atoms with Crippen LogP contribution in [0.4, 0.5) is 5.69 Å². The quantitative estimate of drug-likeness (QED) is 0.763. The number of carbonyl (C=O) groups excluding carboxylic acids is 2. The second kappa shape index (κ2) is 7.81. The molecule has 2 N–H and O–H groups in total. The number of halogens is 1. The highest BCUT2D eigenvalue weighted by Gasteiger charge is 2.23. The fourth-order valence-corrected chi connectivity index (χ4v) is 2.80. The minimum Gasteiger partial charge on any atom is -0.350 e. The summed E-state index contributed by atoms with van der Waals surface area (Å²) >= 11 is 3.38. The average molecular weight is 411 g/mol. The molecule has 136 valence electrons. The number of carbonyl (C=O) groups is 2. The SMILES string of the molecule is CCn1cc(NC(=O)c2c(Br)c(C)nn2C)c(C(=O)NCC(C)C)n1. The topological polar surface area (TPSA) is 93.8 Å². The average Bonchev–Trinajstić information content (AvgIpc) is 3.05. The third-order valence-corrected chi connectivity index (χ3v) is 4.53. The molecule has 0 radical (unpaired) electrons. The molecule has 0 atom stereocenters. The predicted molar refractivity (Wildman–Crippen MR) is 98.7 cm³/mol. The number of nitrogens with zero attached hydrogens (tertiary/aromatic N) is 4. The lowest BCUT2D eigenvalue weighted by Gasteiger charge is -2.08. The fourth-order valence-electron chi connectivity index (χ4n) is 2.28. The van der Waals surface area contributed by atoms with Crippen molar-refractivity contribution in [2.45, 2.75) is 34.2 Å². The van der Waals surface area contributed by atoms with Crippen molar-refractivity contribution in [3.8, 4) is 0 Å². The molecule has 0 aliphatic heterocycles. The van der Waals surface area contributed by atoms with E-state index in [-0.39, 0.29) is 17.5 Å². The van der Waals surface area contributed by atoms with Crippen molar-refractivity contribution in [3.63, 3.8) is 0 Å². The van der Waals surface area contributed by atoms with E-state index in [9.17, 15) is 9.59 Å². The Labute approximate surface area is 155 Å². The zero-order valence-corrected chi connectivity index (χ0v) is 16.6. The van der Waals surface area contributed by atoms with Crippen molar-refractivity contribution in [3.05, 3.63) is 27.8 Å². The molecule has 0 bridgehead atoms. The van der Waals surface area contributed by atoms with Gasteiger partial charge in [-0.05, 0) is 35.7 Å². The van der Waals surface area contributed by atoms with Crippen LogP contribution in [0.1, 0.15) is 47.4 Å². The lowest BCUT2D eigenvalue weighted by atomic mass is 10.2. The monoisotopic (exact) mass is 410 g/mol. The molecule has 0 saturated heterocycles. The Kier molecular flexibility index (Phi) is 5.99. The van der Waals surface area contributed by atoms with E-state index in [2.05, 4.69) is 36.8 Å². The van der Waals surface area contributed by atoms with Gasteiger partial charge < -0.3 is 10.6 Å². The molecule has 2 aromatic heterocycles. The van der Waals surface area contributed by atoms with Gasteiger partial charge in [-0.3, -0.25) is 19.0 Å². The number of aryl methyl sites for hydroxylation is 3. The minimum absolute atomic E-state index is 0.200. The highest BCUT2D eigenvalue weighted by Crippen LogP contribution is 2.22. The Bertz CT molecular complexity index is 793. The normalized spacial score (nSPS) is 11.0. The van der Waals surface area contributed by atoms with Gasteiger partial charge in [0.15, 0.2) is 5.69 Å². The van der Waals surface area contributed by atoms with Crippen molar-refractivity contribution in [1.82, 2.24) is 24.9 Å². The first-order valence-electron chi connectivity index (χ1n) is 8.10. The lowest BCUT2D eigenvalue weighted by molar-refractivity contribution is 0.0944. The van der Waals surface area contributed by atoms with Gasteiger partial charge in [-0.2, -0.15) is 10.2 Å². The van der Waals surface area contributed by atoms with E-state index in [1.165, 1.54) is 4.68 Å². The van der Waals surface area contributed by atoms with E-state index in [1.54, 1.807) is 24.9 Å². The predicted octanol–water partition coefficient (Wildman–Crippen LogP) is 2.35. The van der Waals surface area contributed by atoms with Crippen LogP contribution in [0.25, 0.3) is 0 Å². The number of nitrogens with one attached hydrogen (secondary N) is 2. The maximum atomic E-state index is 12.6. The smallest absolute Gasteiger partial charge is 0.275 e. The van der Waals surface area contributed by atoms with Crippen molar-refractivity contribution < 1.29 is 9.59 Å². The molecule has 0 aliphatic carbocycles.